The van der Waals surface area contributed by atoms with E-state index >= 15 is 0 Å². The summed E-state index contributed by atoms with van der Waals surface area (Å²) in [6.45, 7) is 0. The van der Waals surface area contributed by atoms with E-state index in [0.717, 1.165) is 95.0 Å². The van der Waals surface area contributed by atoms with Crippen molar-refractivity contribution in [1.82, 2.24) is 0 Å². The number of hydrogen-bond acceptors (Lipinski definition) is 4. The maximum atomic E-state index is 6.91. The third-order valence-corrected chi connectivity index (χ3v) is 12.1. The smallest absolute Gasteiger partial charge is 0.159 e. The first-order chi connectivity index (χ1) is 30.7. The molecule has 2 heterocycles. The zero-order valence-corrected chi connectivity index (χ0v) is 33.7. The molecule has 0 atom stereocenters. The molecule has 292 valence electrons. The molecular weight excluding hydrogens is 757 g/mol. The average molecular weight is 795 g/mol. The Balaban J connectivity index is 0.990. The van der Waals surface area contributed by atoms with Gasteiger partial charge in [0.1, 0.15) is 17.1 Å². The van der Waals surface area contributed by atoms with Crippen LogP contribution in [-0.2, 0) is 0 Å². The molecule has 10 aromatic carbocycles. The molecule has 11 aromatic rings. The van der Waals surface area contributed by atoms with Gasteiger partial charge in [0.2, 0.25) is 0 Å². The molecule has 0 amide bonds. The number of hydrogen-bond donors (Lipinski definition) is 0. The Morgan fingerprint density at radius 2 is 0.855 bits per heavy atom. The monoisotopic (exact) mass is 794 g/mol. The summed E-state index contributed by atoms with van der Waals surface area (Å²) in [6, 6.07) is 81.3. The molecule has 4 nitrogen and oxygen atoms in total. The van der Waals surface area contributed by atoms with Crippen molar-refractivity contribution >= 4 is 66.8 Å². The number of ether oxygens (including phenoxy) is 1. The number of furan rings is 1. The van der Waals surface area contributed by atoms with Crippen LogP contribution in [0.5, 0.6) is 11.5 Å². The summed E-state index contributed by atoms with van der Waals surface area (Å²) in [5.41, 5.74) is 14.8. The lowest BCUT2D eigenvalue weighted by molar-refractivity contribution is 0.487. The van der Waals surface area contributed by atoms with Gasteiger partial charge in [-0.3, -0.25) is 0 Å². The van der Waals surface area contributed by atoms with Gasteiger partial charge in [-0.1, -0.05) is 152 Å². The Morgan fingerprint density at radius 1 is 0.306 bits per heavy atom. The van der Waals surface area contributed by atoms with Crippen molar-refractivity contribution in [2.45, 2.75) is 0 Å². The zero-order valence-electron chi connectivity index (χ0n) is 33.7. The van der Waals surface area contributed by atoms with Crippen molar-refractivity contribution in [3.63, 3.8) is 0 Å². The highest BCUT2D eigenvalue weighted by Crippen LogP contribution is 2.53. The summed E-state index contributed by atoms with van der Waals surface area (Å²) >= 11 is 0. The van der Waals surface area contributed by atoms with E-state index in [1.54, 1.807) is 0 Å². The normalized spacial score (nSPS) is 11.7. The van der Waals surface area contributed by atoms with Gasteiger partial charge in [0, 0.05) is 55.9 Å². The van der Waals surface area contributed by atoms with Crippen molar-refractivity contribution in [3.8, 4) is 44.9 Å². The van der Waals surface area contributed by atoms with Gasteiger partial charge in [0.15, 0.2) is 5.58 Å². The fourth-order valence-electron chi connectivity index (χ4n) is 9.15. The Bertz CT molecular complexity index is 3380. The van der Waals surface area contributed by atoms with Crippen molar-refractivity contribution in [2.75, 3.05) is 9.80 Å². The standard InChI is InChI=1S/C58H38N2O2/c1-4-14-39(15-5-1)40-26-28-41(29-27-40)42-30-32-45(33-31-42)60(53-24-13-22-50-47-20-10-11-25-54(47)62-58(50)53)52-36-37-55-57-49(21-12-23-51(52)57)48-35-34-46(38-56(48)61-55)59(43-16-6-2-7-17-43)44-18-8-3-9-19-44/h1-38H. The first kappa shape index (κ1) is 35.6. The number of benzene rings is 10. The average Bonchev–Trinajstić information content (AvgIpc) is 3.73. The number of rotatable bonds is 8. The first-order valence-corrected chi connectivity index (χ1v) is 21.0. The number of para-hydroxylation sites is 4. The Hall–Kier alpha value is -8.34. The second-order valence-electron chi connectivity index (χ2n) is 15.7. The summed E-state index contributed by atoms with van der Waals surface area (Å²) in [4.78, 5) is 4.61. The van der Waals surface area contributed by atoms with E-state index in [1.807, 2.05) is 24.3 Å². The van der Waals surface area contributed by atoms with Crippen LogP contribution < -0.4 is 14.5 Å². The van der Waals surface area contributed by atoms with Crippen LogP contribution in [0, 0.1) is 0 Å². The molecule has 0 bridgehead atoms. The van der Waals surface area contributed by atoms with E-state index in [9.17, 15) is 0 Å². The van der Waals surface area contributed by atoms with Gasteiger partial charge >= 0.3 is 0 Å². The van der Waals surface area contributed by atoms with Crippen LogP contribution in [0.25, 0.3) is 66.1 Å². The van der Waals surface area contributed by atoms with Crippen molar-refractivity contribution in [1.29, 1.82) is 0 Å². The molecule has 1 aliphatic rings. The fourth-order valence-corrected chi connectivity index (χ4v) is 9.15. The predicted octanol–water partition coefficient (Wildman–Crippen LogP) is 16.8. The van der Waals surface area contributed by atoms with Crippen molar-refractivity contribution in [2.24, 2.45) is 0 Å². The highest BCUT2D eigenvalue weighted by molar-refractivity contribution is 6.14. The lowest BCUT2D eigenvalue weighted by Gasteiger charge is -2.30. The second kappa shape index (κ2) is 14.7. The summed E-state index contributed by atoms with van der Waals surface area (Å²) in [6.07, 6.45) is 0. The Labute approximate surface area is 359 Å². The number of fused-ring (bicyclic) bond motifs is 5. The molecule has 0 unspecified atom stereocenters. The van der Waals surface area contributed by atoms with Crippen LogP contribution in [0.3, 0.4) is 0 Å². The van der Waals surface area contributed by atoms with E-state index in [4.69, 9.17) is 9.15 Å². The van der Waals surface area contributed by atoms with Gasteiger partial charge in [-0.15, -0.1) is 0 Å². The van der Waals surface area contributed by atoms with Crippen molar-refractivity contribution in [3.05, 3.63) is 231 Å². The quantitative estimate of drug-likeness (QED) is 0.153. The largest absolute Gasteiger partial charge is 0.456 e. The molecule has 0 aliphatic carbocycles. The van der Waals surface area contributed by atoms with Crippen LogP contribution >= 0.6 is 0 Å². The van der Waals surface area contributed by atoms with Gasteiger partial charge in [0.05, 0.1) is 11.4 Å². The van der Waals surface area contributed by atoms with E-state index in [1.165, 1.54) is 16.7 Å². The molecule has 0 spiro atoms. The third kappa shape index (κ3) is 6.00. The van der Waals surface area contributed by atoms with Gasteiger partial charge in [-0.2, -0.15) is 0 Å². The number of nitrogens with zero attached hydrogens (tertiary/aromatic N) is 2. The van der Waals surface area contributed by atoms with E-state index in [0.29, 0.717) is 0 Å². The highest BCUT2D eigenvalue weighted by atomic mass is 16.5. The maximum absolute atomic E-state index is 6.91. The Kier molecular flexibility index (Phi) is 8.46. The molecule has 1 aliphatic heterocycles. The summed E-state index contributed by atoms with van der Waals surface area (Å²) in [7, 11) is 0. The number of anilines is 6. The van der Waals surface area contributed by atoms with Crippen LogP contribution in [0.4, 0.5) is 34.1 Å². The van der Waals surface area contributed by atoms with Crippen LogP contribution in [0.2, 0.25) is 0 Å². The fraction of sp³-hybridized carbons (Fsp3) is 0. The van der Waals surface area contributed by atoms with E-state index in [-0.39, 0.29) is 0 Å². The minimum atomic E-state index is 0.823. The molecule has 0 saturated heterocycles. The molecule has 1 aromatic heterocycles. The van der Waals surface area contributed by atoms with Gasteiger partial charge < -0.3 is 19.0 Å². The van der Waals surface area contributed by atoms with Gasteiger partial charge in [-0.25, -0.2) is 0 Å². The molecule has 12 rings (SSSR count). The molecule has 0 fully saturated rings. The highest BCUT2D eigenvalue weighted by Gasteiger charge is 2.27. The lowest BCUT2D eigenvalue weighted by Crippen LogP contribution is -2.12. The summed E-state index contributed by atoms with van der Waals surface area (Å²) < 4.78 is 13.6. The SMILES string of the molecule is c1ccc(-c2ccc(-c3ccc(N(c4ccc5c6c(cccc46)-c4ccc(N(c6ccccc6)c6ccccc6)cc4O5)c4cccc5c4oc4ccccc45)cc3)cc2)cc1. The molecule has 4 heteroatoms. The summed E-state index contributed by atoms with van der Waals surface area (Å²) in [5, 5.41) is 4.33. The molecular formula is C58H38N2O2. The molecule has 0 saturated carbocycles. The first-order valence-electron chi connectivity index (χ1n) is 21.0. The van der Waals surface area contributed by atoms with Crippen LogP contribution in [0.15, 0.2) is 235 Å². The van der Waals surface area contributed by atoms with Gasteiger partial charge in [-0.05, 0) is 101 Å². The van der Waals surface area contributed by atoms with E-state index in [2.05, 4.69) is 216 Å². The predicted molar refractivity (Wildman–Crippen MR) is 257 cm³/mol. The minimum absolute atomic E-state index is 0.823. The third-order valence-electron chi connectivity index (χ3n) is 12.1. The molecule has 62 heavy (non-hydrogen) atoms. The zero-order chi connectivity index (χ0) is 41.0. The van der Waals surface area contributed by atoms with Gasteiger partial charge in [0.25, 0.3) is 0 Å². The summed E-state index contributed by atoms with van der Waals surface area (Å²) in [5.74, 6) is 1.65. The maximum Gasteiger partial charge on any atom is 0.159 e. The molecule has 0 N–H and O–H groups in total. The van der Waals surface area contributed by atoms with Crippen LogP contribution in [0.1, 0.15) is 0 Å². The molecule has 0 radical (unpaired) electrons. The van der Waals surface area contributed by atoms with Crippen molar-refractivity contribution < 1.29 is 9.15 Å². The Morgan fingerprint density at radius 3 is 1.56 bits per heavy atom. The minimum Gasteiger partial charge on any atom is -0.456 e. The lowest BCUT2D eigenvalue weighted by atomic mass is 9.93. The topological polar surface area (TPSA) is 28.9 Å². The van der Waals surface area contributed by atoms with E-state index < -0.39 is 0 Å². The second-order valence-corrected chi connectivity index (χ2v) is 15.7. The van der Waals surface area contributed by atoms with Crippen LogP contribution in [-0.4, -0.2) is 0 Å².